The number of likely N-dealkylation sites (N-methyl/N-ethyl adjacent to an activating group) is 1. The van der Waals surface area contributed by atoms with E-state index in [1.165, 1.54) is 25.4 Å². The number of nitrogens with one attached hydrogen (secondary N) is 2. The van der Waals surface area contributed by atoms with E-state index in [4.69, 9.17) is 0 Å². The minimum atomic E-state index is -1.17. The third kappa shape index (κ3) is 4.43. The van der Waals surface area contributed by atoms with Crippen molar-refractivity contribution in [3.8, 4) is 0 Å². The molecule has 0 atom stereocenters. The van der Waals surface area contributed by atoms with E-state index in [2.05, 4.69) is 15.6 Å². The zero-order valence-corrected chi connectivity index (χ0v) is 15.5. The summed E-state index contributed by atoms with van der Waals surface area (Å²) in [6.07, 6.45) is 1.62. The molecule has 29 heavy (non-hydrogen) atoms. The van der Waals surface area contributed by atoms with Crippen LogP contribution in [-0.4, -0.2) is 30.9 Å². The molecule has 2 aromatic rings. The van der Waals surface area contributed by atoms with Gasteiger partial charge in [-0.1, -0.05) is 18.2 Å². The lowest BCUT2D eigenvalue weighted by Crippen LogP contribution is -2.23. The molecule has 3 rings (SSSR count). The van der Waals surface area contributed by atoms with Crippen LogP contribution in [0.15, 0.2) is 58.7 Å². The van der Waals surface area contributed by atoms with Gasteiger partial charge in [0.25, 0.3) is 11.8 Å². The van der Waals surface area contributed by atoms with Crippen LogP contribution in [0.25, 0.3) is 0 Å². The summed E-state index contributed by atoms with van der Waals surface area (Å²) in [5.74, 6) is -3.69. The summed E-state index contributed by atoms with van der Waals surface area (Å²) in [4.78, 5) is 40.3. The van der Waals surface area contributed by atoms with Crippen LogP contribution in [0.3, 0.4) is 0 Å². The molecule has 0 aromatic heterocycles. The zero-order chi connectivity index (χ0) is 21.0. The number of halogens is 2. The second kappa shape index (κ2) is 8.55. The molecule has 1 aliphatic rings. The second-order valence-corrected chi connectivity index (χ2v) is 6.27. The molecule has 1 aliphatic heterocycles. The van der Waals surface area contributed by atoms with E-state index < -0.39 is 29.2 Å². The van der Waals surface area contributed by atoms with E-state index in [9.17, 15) is 23.2 Å². The van der Waals surface area contributed by atoms with E-state index in [1.54, 1.807) is 24.3 Å². The van der Waals surface area contributed by atoms with Crippen LogP contribution in [-0.2, 0) is 16.0 Å². The summed E-state index contributed by atoms with van der Waals surface area (Å²) in [6, 6.07) is 9.82. The molecule has 0 bridgehead atoms. The maximum atomic E-state index is 13.7. The van der Waals surface area contributed by atoms with Crippen LogP contribution in [0.5, 0.6) is 0 Å². The molecule has 0 unspecified atom stereocenters. The number of carbonyl (C=O) groups is 3. The Labute approximate surface area is 165 Å². The molecular formula is C21H17F2N3O3. The van der Waals surface area contributed by atoms with E-state index in [-0.39, 0.29) is 29.7 Å². The van der Waals surface area contributed by atoms with Gasteiger partial charge < -0.3 is 10.6 Å². The molecule has 0 radical (unpaired) electrons. The Kier molecular flexibility index (Phi) is 5.92. The number of rotatable bonds is 6. The number of amides is 2. The van der Waals surface area contributed by atoms with Crippen LogP contribution in [0.1, 0.15) is 22.3 Å². The first-order chi connectivity index (χ1) is 13.9. The highest BCUT2D eigenvalue weighted by Gasteiger charge is 2.23. The lowest BCUT2D eigenvalue weighted by atomic mass is 10.0. The number of carbonyl (C=O) groups excluding carboxylic acids is 3. The average Bonchev–Trinajstić information content (AvgIpc) is 3.21. The topological polar surface area (TPSA) is 87.6 Å². The minimum Gasteiger partial charge on any atom is -0.354 e. The number of benzene rings is 2. The second-order valence-electron chi connectivity index (χ2n) is 6.27. The van der Waals surface area contributed by atoms with Gasteiger partial charge in [-0.3, -0.25) is 19.4 Å². The van der Waals surface area contributed by atoms with Gasteiger partial charge in [-0.05, 0) is 29.8 Å². The molecule has 0 aliphatic carbocycles. The average molecular weight is 397 g/mol. The van der Waals surface area contributed by atoms with Gasteiger partial charge in [0.15, 0.2) is 17.4 Å². The zero-order valence-electron chi connectivity index (χ0n) is 15.5. The van der Waals surface area contributed by atoms with Crippen molar-refractivity contribution in [2.24, 2.45) is 4.99 Å². The molecular weight excluding hydrogens is 380 g/mol. The van der Waals surface area contributed by atoms with Gasteiger partial charge >= 0.3 is 0 Å². The molecule has 6 nitrogen and oxygen atoms in total. The van der Waals surface area contributed by atoms with Gasteiger partial charge in [-0.15, -0.1) is 0 Å². The molecule has 8 heteroatoms. The lowest BCUT2D eigenvalue weighted by Gasteiger charge is -2.09. The number of hydrogen-bond acceptors (Lipinski definition) is 4. The number of aliphatic imine (C=N–C) groups is 1. The Hall–Kier alpha value is -3.68. The molecule has 148 valence electrons. The Morgan fingerprint density at radius 3 is 2.45 bits per heavy atom. The third-order valence-corrected chi connectivity index (χ3v) is 4.35. The molecule has 0 spiro atoms. The minimum absolute atomic E-state index is 0.0735. The van der Waals surface area contributed by atoms with Gasteiger partial charge in [0.05, 0.1) is 11.1 Å². The number of hydrogen-bond donors (Lipinski definition) is 2. The van der Waals surface area contributed by atoms with Crippen LogP contribution >= 0.6 is 0 Å². The van der Waals surface area contributed by atoms with Crippen LogP contribution in [0.2, 0.25) is 0 Å². The monoisotopic (exact) mass is 397 g/mol. The maximum absolute atomic E-state index is 13.7. The number of Topliss-reactive ketones (excluding diaryl/α,β-unsaturated/α-hetero) is 1. The highest BCUT2D eigenvalue weighted by Crippen LogP contribution is 2.20. The summed E-state index contributed by atoms with van der Waals surface area (Å²) in [5.41, 5.74) is 1.05. The van der Waals surface area contributed by atoms with Crippen LogP contribution < -0.4 is 10.6 Å². The van der Waals surface area contributed by atoms with E-state index in [0.717, 1.165) is 6.07 Å². The molecule has 2 N–H and O–H groups in total. The van der Waals surface area contributed by atoms with Crippen molar-refractivity contribution in [1.29, 1.82) is 0 Å². The number of ketones is 1. The van der Waals surface area contributed by atoms with Gasteiger partial charge in [0, 0.05) is 31.8 Å². The first-order valence-corrected chi connectivity index (χ1v) is 8.76. The van der Waals surface area contributed by atoms with Crippen molar-refractivity contribution in [1.82, 2.24) is 5.32 Å². The van der Waals surface area contributed by atoms with Crippen molar-refractivity contribution in [2.45, 2.75) is 12.8 Å². The summed E-state index contributed by atoms with van der Waals surface area (Å²) < 4.78 is 27.0. The summed E-state index contributed by atoms with van der Waals surface area (Å²) >= 11 is 0. The van der Waals surface area contributed by atoms with Crippen molar-refractivity contribution < 1.29 is 23.2 Å². The van der Waals surface area contributed by atoms with Crippen molar-refractivity contribution in [3.05, 3.63) is 76.5 Å². The quantitative estimate of drug-likeness (QED) is 0.735. The summed E-state index contributed by atoms with van der Waals surface area (Å²) in [5, 5.41) is 5.10. The normalized spacial score (nSPS) is 12.8. The summed E-state index contributed by atoms with van der Waals surface area (Å²) in [7, 11) is 1.45. The highest BCUT2D eigenvalue weighted by atomic mass is 19.2. The Morgan fingerprint density at radius 2 is 1.76 bits per heavy atom. The van der Waals surface area contributed by atoms with Crippen molar-refractivity contribution in [2.75, 3.05) is 12.4 Å². The fourth-order valence-electron chi connectivity index (χ4n) is 2.83. The molecule has 2 aromatic carbocycles. The van der Waals surface area contributed by atoms with E-state index >= 15 is 0 Å². The van der Waals surface area contributed by atoms with Gasteiger partial charge in [-0.25, -0.2) is 8.78 Å². The maximum Gasteiger partial charge on any atom is 0.270 e. The lowest BCUT2D eigenvalue weighted by molar-refractivity contribution is -0.118. The van der Waals surface area contributed by atoms with Crippen LogP contribution in [0.4, 0.5) is 14.5 Å². The fraction of sp³-hybridized carbons (Fsp3) is 0.143. The van der Waals surface area contributed by atoms with E-state index in [0.29, 0.717) is 11.3 Å². The molecule has 2 amide bonds. The standard InChI is InChI=1S/C21H17F2N3O3/c1-24-21(29)19-15(9-10-25-19)20(28)26-13-7-5-12(6-8-13)11-17(27)14-3-2-4-16(22)18(14)23/h2-8,10H,9,11H2,1H3,(H,24,29)(H,26,28). The van der Waals surface area contributed by atoms with E-state index in [1.807, 2.05) is 0 Å². The van der Waals surface area contributed by atoms with Gasteiger partial charge in [0.2, 0.25) is 0 Å². The third-order valence-electron chi connectivity index (χ3n) is 4.35. The molecule has 0 saturated heterocycles. The first-order valence-electron chi connectivity index (χ1n) is 8.76. The van der Waals surface area contributed by atoms with Crippen LogP contribution in [0, 0.1) is 11.6 Å². The smallest absolute Gasteiger partial charge is 0.270 e. The first kappa shape index (κ1) is 20.1. The predicted molar refractivity (Wildman–Crippen MR) is 104 cm³/mol. The molecule has 1 heterocycles. The Morgan fingerprint density at radius 1 is 1.03 bits per heavy atom. The van der Waals surface area contributed by atoms with Crippen molar-refractivity contribution in [3.63, 3.8) is 0 Å². The Balaban J connectivity index is 1.68. The molecule has 0 saturated carbocycles. The molecule has 0 fully saturated rings. The van der Waals surface area contributed by atoms with Gasteiger partial charge in [-0.2, -0.15) is 0 Å². The highest BCUT2D eigenvalue weighted by molar-refractivity contribution is 6.13. The van der Waals surface area contributed by atoms with Crippen molar-refractivity contribution >= 4 is 29.5 Å². The summed E-state index contributed by atoms with van der Waals surface area (Å²) in [6.45, 7) is 0. The number of anilines is 1. The Bertz CT molecular complexity index is 1040. The predicted octanol–water partition coefficient (Wildman–Crippen LogP) is 2.80. The fourth-order valence-corrected chi connectivity index (χ4v) is 2.83. The largest absolute Gasteiger partial charge is 0.354 e. The SMILES string of the molecule is CNC(=O)C1=C(C(=O)Nc2ccc(CC(=O)c3cccc(F)c3F)cc2)CC=N1. The number of nitrogens with zero attached hydrogens (tertiary/aromatic N) is 1. The van der Waals surface area contributed by atoms with Gasteiger partial charge in [0.1, 0.15) is 5.70 Å².